The molecule has 1 aliphatic rings. The molecular weight excluding hydrogens is 212 g/mol. The Morgan fingerprint density at radius 3 is 2.94 bits per heavy atom. The molecule has 2 N–H and O–H groups in total. The van der Waals surface area contributed by atoms with Gasteiger partial charge in [0.25, 0.3) is 0 Å². The molecule has 2 unspecified atom stereocenters. The lowest BCUT2D eigenvalue weighted by Gasteiger charge is -2.23. The number of nitrogens with one attached hydrogen (secondary N) is 2. The fraction of sp³-hybridized carbons (Fsp3) is 0.769. The van der Waals surface area contributed by atoms with Gasteiger partial charge in [-0.3, -0.25) is 4.90 Å². The summed E-state index contributed by atoms with van der Waals surface area (Å²) in [4.78, 5) is 10.1. The number of aromatic amines is 1. The number of hydrogen-bond acceptors (Lipinski definition) is 3. The van der Waals surface area contributed by atoms with Crippen molar-refractivity contribution in [2.45, 2.75) is 51.7 Å². The molecule has 1 saturated heterocycles. The molecule has 1 aromatic heterocycles. The minimum absolute atomic E-state index is 0.363. The Labute approximate surface area is 104 Å². The zero-order valence-electron chi connectivity index (χ0n) is 11.1. The van der Waals surface area contributed by atoms with Crippen LogP contribution >= 0.6 is 0 Å². The maximum Gasteiger partial charge on any atom is 0.123 e. The Morgan fingerprint density at radius 2 is 2.41 bits per heavy atom. The van der Waals surface area contributed by atoms with E-state index in [2.05, 4.69) is 41.0 Å². The van der Waals surface area contributed by atoms with Crippen LogP contribution in [0.2, 0.25) is 0 Å². The van der Waals surface area contributed by atoms with Crippen LogP contribution in [0.5, 0.6) is 0 Å². The number of rotatable bonds is 5. The van der Waals surface area contributed by atoms with Crippen LogP contribution in [-0.4, -0.2) is 40.0 Å². The lowest BCUT2D eigenvalue weighted by Crippen LogP contribution is -2.37. The second-order valence-electron chi connectivity index (χ2n) is 5.18. The van der Waals surface area contributed by atoms with Crippen molar-refractivity contribution in [2.75, 3.05) is 13.1 Å². The summed E-state index contributed by atoms with van der Waals surface area (Å²) >= 11 is 0. The normalized spacial score (nSPS) is 23.4. The summed E-state index contributed by atoms with van der Waals surface area (Å²) < 4.78 is 0. The van der Waals surface area contributed by atoms with Crippen LogP contribution in [-0.2, 0) is 0 Å². The average molecular weight is 236 g/mol. The van der Waals surface area contributed by atoms with Crippen molar-refractivity contribution in [3.05, 3.63) is 18.2 Å². The van der Waals surface area contributed by atoms with Gasteiger partial charge >= 0.3 is 0 Å². The van der Waals surface area contributed by atoms with Gasteiger partial charge in [0, 0.05) is 31.0 Å². The third-order valence-corrected chi connectivity index (χ3v) is 3.64. The molecule has 0 bridgehead atoms. The molecule has 4 heteroatoms. The van der Waals surface area contributed by atoms with E-state index in [1.54, 1.807) is 0 Å². The maximum absolute atomic E-state index is 4.35. The first-order valence-corrected chi connectivity index (χ1v) is 6.70. The van der Waals surface area contributed by atoms with E-state index in [-0.39, 0.29) is 0 Å². The smallest absolute Gasteiger partial charge is 0.123 e. The van der Waals surface area contributed by atoms with E-state index in [4.69, 9.17) is 0 Å². The van der Waals surface area contributed by atoms with Gasteiger partial charge in [0.15, 0.2) is 0 Å². The number of nitrogens with zero attached hydrogens (tertiary/aromatic N) is 2. The fourth-order valence-corrected chi connectivity index (χ4v) is 2.54. The van der Waals surface area contributed by atoms with Gasteiger partial charge in [-0.15, -0.1) is 0 Å². The van der Waals surface area contributed by atoms with Crippen molar-refractivity contribution in [2.24, 2.45) is 0 Å². The second-order valence-corrected chi connectivity index (χ2v) is 5.18. The first kappa shape index (κ1) is 12.6. The van der Waals surface area contributed by atoms with E-state index in [1.165, 1.54) is 13.0 Å². The third kappa shape index (κ3) is 3.07. The molecule has 2 rings (SSSR count). The summed E-state index contributed by atoms with van der Waals surface area (Å²) in [7, 11) is 0. The molecule has 1 aliphatic heterocycles. The molecule has 96 valence electrons. The molecule has 0 spiro atoms. The molecule has 0 radical (unpaired) electrons. The van der Waals surface area contributed by atoms with Gasteiger partial charge in [0.05, 0.1) is 6.04 Å². The van der Waals surface area contributed by atoms with Gasteiger partial charge in [-0.1, -0.05) is 6.92 Å². The number of hydrogen-bond donors (Lipinski definition) is 2. The monoisotopic (exact) mass is 236 g/mol. The topological polar surface area (TPSA) is 44.0 Å². The molecule has 0 aliphatic carbocycles. The first-order chi connectivity index (χ1) is 8.20. The minimum atomic E-state index is 0.363. The van der Waals surface area contributed by atoms with E-state index < -0.39 is 0 Å². The van der Waals surface area contributed by atoms with E-state index in [0.29, 0.717) is 18.1 Å². The molecule has 17 heavy (non-hydrogen) atoms. The molecule has 4 nitrogen and oxygen atoms in total. The van der Waals surface area contributed by atoms with Crippen molar-refractivity contribution in [1.82, 2.24) is 20.2 Å². The number of likely N-dealkylation sites (tertiary alicyclic amines) is 1. The number of imidazole rings is 1. The molecule has 0 aromatic carbocycles. The Morgan fingerprint density at radius 1 is 1.59 bits per heavy atom. The largest absolute Gasteiger partial charge is 0.347 e. The highest BCUT2D eigenvalue weighted by Crippen LogP contribution is 2.18. The second kappa shape index (κ2) is 5.65. The number of aromatic nitrogens is 2. The highest BCUT2D eigenvalue weighted by Gasteiger charge is 2.26. The van der Waals surface area contributed by atoms with E-state index in [9.17, 15) is 0 Å². The van der Waals surface area contributed by atoms with Crippen LogP contribution in [0.4, 0.5) is 0 Å². The Hall–Kier alpha value is -0.870. The predicted molar refractivity (Wildman–Crippen MR) is 69.9 cm³/mol. The van der Waals surface area contributed by atoms with Gasteiger partial charge in [0.2, 0.25) is 0 Å². The number of H-pyrrole nitrogens is 1. The zero-order chi connectivity index (χ0) is 12.3. The van der Waals surface area contributed by atoms with Gasteiger partial charge in [0.1, 0.15) is 5.82 Å². The standard InChI is InChI=1S/C13H24N4/c1-4-12(13-14-6-7-15-13)16-11-5-8-17(9-11)10(2)3/h6-7,10-12,16H,4-5,8-9H2,1-3H3,(H,14,15). The molecule has 0 amide bonds. The van der Waals surface area contributed by atoms with Gasteiger partial charge in [-0.25, -0.2) is 4.98 Å². The van der Waals surface area contributed by atoms with Crippen LogP contribution in [0.15, 0.2) is 12.4 Å². The molecular formula is C13H24N4. The summed E-state index contributed by atoms with van der Waals surface area (Å²) in [6, 6.07) is 1.63. The lowest BCUT2D eigenvalue weighted by atomic mass is 10.1. The van der Waals surface area contributed by atoms with Gasteiger partial charge < -0.3 is 10.3 Å². The minimum Gasteiger partial charge on any atom is -0.347 e. The average Bonchev–Trinajstić information content (AvgIpc) is 2.96. The van der Waals surface area contributed by atoms with Crippen LogP contribution in [0.1, 0.15) is 45.5 Å². The van der Waals surface area contributed by atoms with Crippen LogP contribution in [0.3, 0.4) is 0 Å². The van der Waals surface area contributed by atoms with Gasteiger partial charge in [-0.2, -0.15) is 0 Å². The summed E-state index contributed by atoms with van der Waals surface area (Å²) in [6.07, 6.45) is 6.05. The quantitative estimate of drug-likeness (QED) is 0.821. The van der Waals surface area contributed by atoms with Crippen LogP contribution in [0, 0.1) is 0 Å². The first-order valence-electron chi connectivity index (χ1n) is 6.70. The molecule has 0 saturated carbocycles. The highest BCUT2D eigenvalue weighted by atomic mass is 15.2. The molecule has 2 heterocycles. The summed E-state index contributed by atoms with van der Waals surface area (Å²) in [5.74, 6) is 1.07. The van der Waals surface area contributed by atoms with Crippen molar-refractivity contribution in [3.8, 4) is 0 Å². The molecule has 1 aromatic rings. The van der Waals surface area contributed by atoms with Crippen molar-refractivity contribution >= 4 is 0 Å². The summed E-state index contributed by atoms with van der Waals surface area (Å²) in [6.45, 7) is 9.12. The summed E-state index contributed by atoms with van der Waals surface area (Å²) in [5, 5.41) is 3.72. The van der Waals surface area contributed by atoms with E-state index in [1.807, 2.05) is 12.4 Å². The maximum atomic E-state index is 4.35. The SMILES string of the molecule is CCC(NC1CCN(C(C)C)C1)c1ncc[nH]1. The highest BCUT2D eigenvalue weighted by molar-refractivity contribution is 4.97. The van der Waals surface area contributed by atoms with Crippen molar-refractivity contribution < 1.29 is 0 Å². The Bertz CT molecular complexity index is 320. The predicted octanol–water partition coefficient (Wildman–Crippen LogP) is 1.93. The third-order valence-electron chi connectivity index (χ3n) is 3.64. The van der Waals surface area contributed by atoms with Crippen LogP contribution < -0.4 is 5.32 Å². The van der Waals surface area contributed by atoms with Gasteiger partial charge in [-0.05, 0) is 33.2 Å². The Balaban J connectivity index is 1.88. The zero-order valence-corrected chi connectivity index (χ0v) is 11.1. The van der Waals surface area contributed by atoms with Crippen molar-refractivity contribution in [3.63, 3.8) is 0 Å². The lowest BCUT2D eigenvalue weighted by molar-refractivity contribution is 0.264. The van der Waals surface area contributed by atoms with Crippen LogP contribution in [0.25, 0.3) is 0 Å². The van der Waals surface area contributed by atoms with E-state index >= 15 is 0 Å². The van der Waals surface area contributed by atoms with Crippen molar-refractivity contribution in [1.29, 1.82) is 0 Å². The van der Waals surface area contributed by atoms with E-state index in [0.717, 1.165) is 18.8 Å². The fourth-order valence-electron chi connectivity index (χ4n) is 2.54. The summed E-state index contributed by atoms with van der Waals surface area (Å²) in [5.41, 5.74) is 0. The Kier molecular flexibility index (Phi) is 4.18. The molecule has 2 atom stereocenters. The molecule has 1 fully saturated rings.